The molecule has 5 heteroatoms. The molecule has 0 saturated carbocycles. The summed E-state index contributed by atoms with van der Waals surface area (Å²) in [4.78, 5) is 5.52. The first-order valence-corrected chi connectivity index (χ1v) is 42.5. The fraction of sp³-hybridized carbons (Fsp3) is 0.113. The van der Waals surface area contributed by atoms with Crippen molar-refractivity contribution in [2.45, 2.75) is 86.0 Å². The lowest BCUT2D eigenvalue weighted by molar-refractivity contribution is 0.590. The summed E-state index contributed by atoms with van der Waals surface area (Å²) >= 11 is 0. The summed E-state index contributed by atoms with van der Waals surface area (Å²) < 4.78 is 5.06. The van der Waals surface area contributed by atoms with Gasteiger partial charge in [-0.05, 0) is 252 Å². The summed E-state index contributed by atoms with van der Waals surface area (Å²) in [5.74, 6) is 0.0793. The van der Waals surface area contributed by atoms with E-state index in [4.69, 9.17) is 0 Å². The second-order valence-electron chi connectivity index (χ2n) is 35.6. The minimum absolute atomic E-state index is 0.0793. The molecule has 21 rings (SSSR count). The molecule has 2 aliphatic heterocycles. The highest BCUT2D eigenvalue weighted by Crippen LogP contribution is 2.56. The van der Waals surface area contributed by atoms with E-state index in [0.29, 0.717) is 0 Å². The maximum Gasteiger partial charge on any atom is 0.252 e. The van der Waals surface area contributed by atoms with Gasteiger partial charge in [-0.1, -0.05) is 321 Å². The number of fused-ring (bicyclic) bond motifs is 10. The molecule has 0 spiro atoms. The van der Waals surface area contributed by atoms with E-state index < -0.39 is 0 Å². The van der Waals surface area contributed by atoms with E-state index in [1.165, 1.54) is 110 Å². The Kier molecular flexibility index (Phi) is 17.8. The van der Waals surface area contributed by atoms with Gasteiger partial charge in [-0.3, -0.25) is 0 Å². The minimum atomic E-state index is -0.284. The van der Waals surface area contributed by atoms with Crippen LogP contribution < -0.4 is 26.2 Å². The average Bonchev–Trinajstić information content (AvgIpc) is 0.749. The second-order valence-corrected chi connectivity index (χ2v) is 35.6. The van der Waals surface area contributed by atoms with Gasteiger partial charge in [0.05, 0.1) is 33.4 Å². The molecule has 4 heterocycles. The zero-order valence-corrected chi connectivity index (χ0v) is 69.7. The van der Waals surface area contributed by atoms with Crippen molar-refractivity contribution in [3.63, 3.8) is 0 Å². The van der Waals surface area contributed by atoms with Crippen LogP contribution in [0.2, 0.25) is 0 Å². The standard InChI is InChI=1S/C115H93BN4/c1-73(2)88-65-109-111-110(66-88)120(113-96(79-37-21-14-22-38-79)68-90(115(8,9)10)70-98(113)87-46-30-44-85(64-87)83-42-28-40-81(62-83)77-33-17-12-18-34-77)108-72-92(118-104-50-26-24-48-94(104)100-60-75(4)52-58-106(100)118)54-56-102(108)116(111)101-55-53-91(117-103-49-25-23-47-93(103)99-59-74(3)51-57-105(99)117)71-107(101)119(109)112-95(78-35-19-13-20-36-78)67-89(114(5,6)7)69-97(112)86-45-29-43-84(63-86)82-41-27-39-80(61-82)76-31-15-11-16-32-76/h11-73H,1-10H3. The van der Waals surface area contributed by atoms with Crippen LogP contribution in [0, 0.1) is 13.8 Å². The third kappa shape index (κ3) is 12.6. The lowest BCUT2D eigenvalue weighted by Crippen LogP contribution is -2.61. The van der Waals surface area contributed by atoms with Crippen LogP contribution in [0.25, 0.3) is 144 Å². The molecule has 2 aliphatic rings. The van der Waals surface area contributed by atoms with Crippen LogP contribution in [-0.4, -0.2) is 15.8 Å². The van der Waals surface area contributed by atoms with E-state index in [0.717, 1.165) is 112 Å². The van der Waals surface area contributed by atoms with Crippen LogP contribution in [0.3, 0.4) is 0 Å². The number of hydrogen-bond donors (Lipinski definition) is 0. The number of para-hydroxylation sites is 2. The van der Waals surface area contributed by atoms with Crippen LogP contribution in [0.5, 0.6) is 0 Å². The molecule has 576 valence electrons. The highest BCUT2D eigenvalue weighted by molar-refractivity contribution is 7.00. The largest absolute Gasteiger partial charge is 0.310 e. The smallest absolute Gasteiger partial charge is 0.252 e. The lowest BCUT2D eigenvalue weighted by atomic mass is 9.33. The monoisotopic (exact) mass is 1540 g/mol. The molecule has 17 aromatic carbocycles. The summed E-state index contributed by atoms with van der Waals surface area (Å²) in [5, 5.41) is 4.93. The fourth-order valence-corrected chi connectivity index (χ4v) is 19.3. The van der Waals surface area contributed by atoms with Gasteiger partial charge in [0.25, 0.3) is 6.71 Å². The highest BCUT2D eigenvalue weighted by atomic mass is 15.2. The Labute approximate surface area is 705 Å². The van der Waals surface area contributed by atoms with Crippen molar-refractivity contribution in [1.82, 2.24) is 9.13 Å². The number of nitrogens with zero attached hydrogens (tertiary/aromatic N) is 4. The van der Waals surface area contributed by atoms with Crippen molar-refractivity contribution in [1.29, 1.82) is 0 Å². The van der Waals surface area contributed by atoms with E-state index in [1.54, 1.807) is 0 Å². The highest BCUT2D eigenvalue weighted by Gasteiger charge is 2.46. The van der Waals surface area contributed by atoms with Gasteiger partial charge in [0, 0.05) is 77.9 Å². The van der Waals surface area contributed by atoms with Gasteiger partial charge < -0.3 is 18.9 Å². The van der Waals surface area contributed by atoms with Gasteiger partial charge in [0.2, 0.25) is 0 Å². The average molecular weight is 1540 g/mol. The maximum atomic E-state index is 2.76. The van der Waals surface area contributed by atoms with E-state index >= 15 is 0 Å². The zero-order chi connectivity index (χ0) is 81.4. The lowest BCUT2D eigenvalue weighted by Gasteiger charge is -2.46. The van der Waals surface area contributed by atoms with Crippen molar-refractivity contribution in [3.05, 3.63) is 404 Å². The molecule has 0 unspecified atom stereocenters. The summed E-state index contributed by atoms with van der Waals surface area (Å²) in [5.41, 5.74) is 41.5. The SMILES string of the molecule is Cc1ccc2c(c1)c1ccccc1n2-c1ccc2c(c1)N(c1c(-c3ccccc3)cc(C(C)(C)C)cc1-c1cccc(-c3cccc(-c4ccccc4)c3)c1)c1cc(C(C)C)cc3c1B2c1ccc(-n2c4ccccc4c4cc(C)ccc42)cc1N3c1c(-c2ccccc2)cc(C(C)(C)C)cc1-c1cccc(-c2cccc(-c3ccccc3)c2)c1. The van der Waals surface area contributed by atoms with Crippen molar-refractivity contribution < 1.29 is 0 Å². The predicted octanol–water partition coefficient (Wildman–Crippen LogP) is 29.6. The summed E-state index contributed by atoms with van der Waals surface area (Å²) in [6, 6.07) is 144. The first-order valence-electron chi connectivity index (χ1n) is 42.5. The van der Waals surface area contributed by atoms with E-state index in [1.807, 2.05) is 0 Å². The van der Waals surface area contributed by atoms with E-state index in [9.17, 15) is 0 Å². The van der Waals surface area contributed by atoms with Crippen molar-refractivity contribution in [3.8, 4) is 100 Å². The molecule has 4 nitrogen and oxygen atoms in total. The Morgan fingerprint density at radius 3 is 0.925 bits per heavy atom. The molecule has 0 radical (unpaired) electrons. The number of benzene rings is 17. The van der Waals surface area contributed by atoms with Gasteiger partial charge in [0.1, 0.15) is 0 Å². The second kappa shape index (κ2) is 29.0. The summed E-state index contributed by atoms with van der Waals surface area (Å²) in [6.45, 7) is 23.2. The molecule has 0 aliphatic carbocycles. The number of hydrogen-bond acceptors (Lipinski definition) is 2. The van der Waals surface area contributed by atoms with Crippen LogP contribution in [0.15, 0.2) is 376 Å². The molecule has 0 atom stereocenters. The molecule has 0 N–H and O–H groups in total. The van der Waals surface area contributed by atoms with Crippen LogP contribution in [0.4, 0.5) is 34.1 Å². The molecule has 0 amide bonds. The number of aryl methyl sites for hydroxylation is 2. The van der Waals surface area contributed by atoms with Gasteiger partial charge in [-0.25, -0.2) is 0 Å². The van der Waals surface area contributed by atoms with Crippen molar-refractivity contribution in [2.24, 2.45) is 0 Å². The van der Waals surface area contributed by atoms with Crippen LogP contribution in [0.1, 0.15) is 89.1 Å². The molecule has 2 aromatic heterocycles. The Morgan fingerprint density at radius 2 is 0.558 bits per heavy atom. The molecule has 120 heavy (non-hydrogen) atoms. The quantitative estimate of drug-likeness (QED) is 0.107. The Balaban J connectivity index is 0.915. The van der Waals surface area contributed by atoms with Crippen molar-refractivity contribution in [2.75, 3.05) is 9.80 Å². The molecule has 0 saturated heterocycles. The molecule has 0 bridgehead atoms. The first-order chi connectivity index (χ1) is 58.4. The van der Waals surface area contributed by atoms with Gasteiger partial charge in [0.15, 0.2) is 0 Å². The van der Waals surface area contributed by atoms with Crippen LogP contribution >= 0.6 is 0 Å². The van der Waals surface area contributed by atoms with Gasteiger partial charge in [-0.15, -0.1) is 0 Å². The fourth-order valence-electron chi connectivity index (χ4n) is 19.3. The van der Waals surface area contributed by atoms with Gasteiger partial charge >= 0.3 is 0 Å². The third-order valence-electron chi connectivity index (χ3n) is 25.4. The molecular weight excluding hydrogens is 1450 g/mol. The molecular formula is C115H93BN4. The Bertz CT molecular complexity index is 6870. The Hall–Kier alpha value is -14.0. The topological polar surface area (TPSA) is 16.3 Å². The maximum absolute atomic E-state index is 2.76. The zero-order valence-electron chi connectivity index (χ0n) is 69.7. The molecule has 19 aromatic rings. The first kappa shape index (κ1) is 73.6. The minimum Gasteiger partial charge on any atom is -0.310 e. The number of anilines is 6. The van der Waals surface area contributed by atoms with Gasteiger partial charge in [-0.2, -0.15) is 0 Å². The van der Waals surface area contributed by atoms with E-state index in [-0.39, 0.29) is 23.5 Å². The summed E-state index contributed by atoms with van der Waals surface area (Å²) in [6.07, 6.45) is 0. The summed E-state index contributed by atoms with van der Waals surface area (Å²) in [7, 11) is 0. The molecule has 0 fully saturated rings. The third-order valence-corrected chi connectivity index (χ3v) is 25.4. The van der Waals surface area contributed by atoms with Crippen LogP contribution in [-0.2, 0) is 10.8 Å². The predicted molar refractivity (Wildman–Crippen MR) is 514 cm³/mol. The number of aromatic nitrogens is 2. The van der Waals surface area contributed by atoms with Crippen molar-refractivity contribution >= 4 is 101 Å². The Morgan fingerprint density at radius 1 is 0.250 bits per heavy atom. The number of rotatable bonds is 13. The van der Waals surface area contributed by atoms with E-state index in [2.05, 4.69) is 464 Å². The normalized spacial score (nSPS) is 12.6.